The molecular weight excluding hydrogens is 515 g/mol. The van der Waals surface area contributed by atoms with Crippen molar-refractivity contribution in [2.75, 3.05) is 39.5 Å². The predicted molar refractivity (Wildman–Crippen MR) is 140 cm³/mol. The fraction of sp³-hybridized carbons (Fsp3) is 0.464. The molecule has 0 saturated carbocycles. The van der Waals surface area contributed by atoms with Gasteiger partial charge >= 0.3 is 0 Å². The number of halogens is 1. The standard InChI is InChI=1S/C28H29FN8O3/c1-18-26(33-34-37(18)22-4-7-35(8-5-22)23-15-38-16-23)19-10-24(27-20(11-30)12-32-36(27)14-19)39-17-28(6-9-40-28)25-3-2-21(29)13-31-25/h2-3,10,12-14,22-23H,4-9,15-17H2,1H3. The van der Waals surface area contributed by atoms with E-state index in [4.69, 9.17) is 14.2 Å². The topological polar surface area (TPSA) is 116 Å². The molecule has 0 aliphatic carbocycles. The molecule has 0 aromatic carbocycles. The first-order chi connectivity index (χ1) is 19.5. The summed E-state index contributed by atoms with van der Waals surface area (Å²) in [5.74, 6) is 0.0712. The van der Waals surface area contributed by atoms with Crippen molar-refractivity contribution >= 4 is 5.52 Å². The molecule has 4 aromatic rings. The first kappa shape index (κ1) is 25.1. The summed E-state index contributed by atoms with van der Waals surface area (Å²) in [6.07, 6.45) is 7.26. The number of likely N-dealkylation sites (tertiary alicyclic amines) is 1. The molecule has 7 heterocycles. The summed E-state index contributed by atoms with van der Waals surface area (Å²) in [5.41, 5.74) is 3.28. The SMILES string of the molecule is Cc1c(-c2cc(OCC3(c4ccc(F)cn4)CCO3)c3c(C#N)cnn3c2)nnn1C1CCN(C2COC2)CC1. The molecule has 7 rings (SSSR count). The van der Waals surface area contributed by atoms with E-state index in [0.29, 0.717) is 41.6 Å². The minimum Gasteiger partial charge on any atom is -0.488 e. The second kappa shape index (κ2) is 9.92. The number of nitrogens with zero attached hydrogens (tertiary/aromatic N) is 8. The third-order valence-electron chi connectivity index (χ3n) is 8.42. The number of hydrogen-bond donors (Lipinski definition) is 0. The molecule has 4 aromatic heterocycles. The molecule has 3 aliphatic heterocycles. The fourth-order valence-electron chi connectivity index (χ4n) is 5.87. The minimum atomic E-state index is -0.785. The average molecular weight is 545 g/mol. The minimum absolute atomic E-state index is 0.150. The number of pyridine rings is 2. The number of hydrogen-bond acceptors (Lipinski definition) is 9. The van der Waals surface area contributed by atoms with Gasteiger partial charge in [-0.15, -0.1) is 5.10 Å². The number of nitriles is 1. The highest BCUT2D eigenvalue weighted by Gasteiger charge is 2.43. The molecule has 3 saturated heterocycles. The van der Waals surface area contributed by atoms with E-state index in [9.17, 15) is 9.65 Å². The van der Waals surface area contributed by atoms with Gasteiger partial charge in [0.1, 0.15) is 46.6 Å². The van der Waals surface area contributed by atoms with Crippen molar-refractivity contribution in [3.63, 3.8) is 0 Å². The van der Waals surface area contributed by atoms with Crippen LogP contribution >= 0.6 is 0 Å². The van der Waals surface area contributed by atoms with Gasteiger partial charge in [0.25, 0.3) is 0 Å². The van der Waals surface area contributed by atoms with Crippen molar-refractivity contribution in [1.29, 1.82) is 5.26 Å². The summed E-state index contributed by atoms with van der Waals surface area (Å²) in [4.78, 5) is 6.75. The van der Waals surface area contributed by atoms with Crippen LogP contribution in [0.25, 0.3) is 16.8 Å². The third-order valence-corrected chi connectivity index (χ3v) is 8.42. The zero-order valence-electron chi connectivity index (χ0n) is 22.2. The highest BCUT2D eigenvalue weighted by Crippen LogP contribution is 2.39. The van der Waals surface area contributed by atoms with Crippen LogP contribution in [0.2, 0.25) is 0 Å². The first-order valence-electron chi connectivity index (χ1n) is 13.6. The molecule has 206 valence electrons. The van der Waals surface area contributed by atoms with Gasteiger partial charge in [0.15, 0.2) is 0 Å². The summed E-state index contributed by atoms with van der Waals surface area (Å²) >= 11 is 0. The maximum atomic E-state index is 13.5. The largest absolute Gasteiger partial charge is 0.488 e. The van der Waals surface area contributed by atoms with Crippen LogP contribution in [0.5, 0.6) is 5.75 Å². The molecule has 0 N–H and O–H groups in total. The Kier molecular flexibility index (Phi) is 6.22. The maximum Gasteiger partial charge on any atom is 0.147 e. The lowest BCUT2D eigenvalue weighted by molar-refractivity contribution is -0.175. The van der Waals surface area contributed by atoms with Crippen molar-refractivity contribution in [3.8, 4) is 23.1 Å². The highest BCUT2D eigenvalue weighted by atomic mass is 19.1. The molecule has 0 amide bonds. The quantitative estimate of drug-likeness (QED) is 0.346. The van der Waals surface area contributed by atoms with Gasteiger partial charge in [-0.3, -0.25) is 9.88 Å². The van der Waals surface area contributed by atoms with Crippen LogP contribution in [0.15, 0.2) is 36.8 Å². The second-order valence-corrected chi connectivity index (χ2v) is 10.7. The molecule has 0 bridgehead atoms. The lowest BCUT2D eigenvalue weighted by Gasteiger charge is -2.41. The molecule has 1 unspecified atom stereocenters. The Morgan fingerprint density at radius 1 is 1.20 bits per heavy atom. The predicted octanol–water partition coefficient (Wildman–Crippen LogP) is 3.04. The molecule has 3 fully saturated rings. The van der Waals surface area contributed by atoms with Gasteiger partial charge in [0.2, 0.25) is 0 Å². The summed E-state index contributed by atoms with van der Waals surface area (Å²) in [5, 5.41) is 23.2. The zero-order chi connectivity index (χ0) is 27.3. The number of rotatable bonds is 7. The molecule has 3 aliphatic rings. The fourth-order valence-corrected chi connectivity index (χ4v) is 5.87. The van der Waals surface area contributed by atoms with Crippen LogP contribution in [0.1, 0.15) is 42.3 Å². The Labute approximate surface area is 230 Å². The molecule has 40 heavy (non-hydrogen) atoms. The van der Waals surface area contributed by atoms with E-state index in [2.05, 4.69) is 31.4 Å². The zero-order valence-corrected chi connectivity index (χ0v) is 22.2. The normalized spacial score (nSPS) is 22.1. The lowest BCUT2D eigenvalue weighted by atomic mass is 9.91. The van der Waals surface area contributed by atoms with Gasteiger partial charge in [-0.1, -0.05) is 5.21 Å². The van der Waals surface area contributed by atoms with Crippen LogP contribution in [0.4, 0.5) is 4.39 Å². The van der Waals surface area contributed by atoms with E-state index in [1.165, 1.54) is 18.5 Å². The number of fused-ring (bicyclic) bond motifs is 1. The van der Waals surface area contributed by atoms with Crippen molar-refractivity contribution < 1.29 is 18.6 Å². The maximum absolute atomic E-state index is 13.5. The number of piperidine rings is 1. The smallest absolute Gasteiger partial charge is 0.147 e. The van der Waals surface area contributed by atoms with Crippen LogP contribution in [0.3, 0.4) is 0 Å². The Hall–Kier alpha value is -3.92. The van der Waals surface area contributed by atoms with Crippen molar-refractivity contribution in [1.82, 2.24) is 34.5 Å². The second-order valence-electron chi connectivity index (χ2n) is 10.7. The van der Waals surface area contributed by atoms with Gasteiger partial charge in [-0.2, -0.15) is 10.4 Å². The van der Waals surface area contributed by atoms with Crippen LogP contribution in [-0.4, -0.2) is 80.1 Å². The van der Waals surface area contributed by atoms with Crippen molar-refractivity contribution in [3.05, 3.63) is 59.6 Å². The van der Waals surface area contributed by atoms with E-state index in [1.807, 2.05) is 23.9 Å². The van der Waals surface area contributed by atoms with Crippen LogP contribution in [0, 0.1) is 24.1 Å². The number of ether oxygens (including phenoxy) is 3. The Morgan fingerprint density at radius 2 is 2.02 bits per heavy atom. The van der Waals surface area contributed by atoms with E-state index < -0.39 is 11.4 Å². The molecule has 1 atom stereocenters. The monoisotopic (exact) mass is 544 g/mol. The summed E-state index contributed by atoms with van der Waals surface area (Å²) in [6, 6.07) is 7.90. The molecular formula is C28H29FN8O3. The molecule has 12 heteroatoms. The van der Waals surface area contributed by atoms with Crippen LogP contribution in [-0.2, 0) is 15.1 Å². The van der Waals surface area contributed by atoms with Gasteiger partial charge in [-0.25, -0.2) is 13.6 Å². The lowest BCUT2D eigenvalue weighted by Crippen LogP contribution is -2.52. The Balaban J connectivity index is 1.17. The van der Waals surface area contributed by atoms with Gasteiger partial charge in [0.05, 0.1) is 55.7 Å². The van der Waals surface area contributed by atoms with Gasteiger partial charge in [0, 0.05) is 31.3 Å². The van der Waals surface area contributed by atoms with E-state index in [0.717, 1.165) is 56.1 Å². The van der Waals surface area contributed by atoms with Crippen molar-refractivity contribution in [2.45, 2.75) is 43.9 Å². The number of aromatic nitrogens is 6. The summed E-state index contributed by atoms with van der Waals surface area (Å²) in [6.45, 7) is 6.45. The van der Waals surface area contributed by atoms with Crippen LogP contribution < -0.4 is 4.74 Å². The van der Waals surface area contributed by atoms with E-state index in [1.54, 1.807) is 10.6 Å². The third kappa shape index (κ3) is 4.21. The molecule has 0 spiro atoms. The molecule has 11 nitrogen and oxygen atoms in total. The molecule has 0 radical (unpaired) electrons. The van der Waals surface area contributed by atoms with Gasteiger partial charge in [-0.05, 0) is 38.0 Å². The Bertz CT molecular complexity index is 1580. The average Bonchev–Trinajstić information content (AvgIpc) is 3.51. The summed E-state index contributed by atoms with van der Waals surface area (Å²) in [7, 11) is 0. The first-order valence-corrected chi connectivity index (χ1v) is 13.6. The van der Waals surface area contributed by atoms with Gasteiger partial charge < -0.3 is 14.2 Å². The van der Waals surface area contributed by atoms with Crippen molar-refractivity contribution in [2.24, 2.45) is 0 Å². The highest BCUT2D eigenvalue weighted by molar-refractivity contribution is 5.74. The van der Waals surface area contributed by atoms with E-state index in [-0.39, 0.29) is 12.6 Å². The van der Waals surface area contributed by atoms with E-state index >= 15 is 0 Å². The summed E-state index contributed by atoms with van der Waals surface area (Å²) < 4.78 is 34.8. The Morgan fingerprint density at radius 3 is 2.67 bits per heavy atom.